The van der Waals surface area contributed by atoms with Gasteiger partial charge in [0.2, 0.25) is 0 Å². The number of benzene rings is 2. The molecule has 0 aliphatic rings. The normalized spacial score (nSPS) is 10.3. The maximum atomic E-state index is 5.78. The lowest BCUT2D eigenvalue weighted by Crippen LogP contribution is -2.12. The van der Waals surface area contributed by atoms with Crippen molar-refractivity contribution < 1.29 is 0 Å². The van der Waals surface area contributed by atoms with E-state index in [1.165, 1.54) is 11.1 Å². The first-order valence-electron chi connectivity index (χ1n) is 5.91. The fourth-order valence-electron chi connectivity index (χ4n) is 1.84. The van der Waals surface area contributed by atoms with Crippen LogP contribution in [0.2, 0.25) is 0 Å². The highest BCUT2D eigenvalue weighted by Gasteiger charge is 2.07. The molecule has 2 aromatic rings. The molecule has 0 spiro atoms. The molecule has 4 heteroatoms. The Morgan fingerprint density at radius 1 is 1.11 bits per heavy atom. The highest BCUT2D eigenvalue weighted by molar-refractivity contribution is 9.10. The van der Waals surface area contributed by atoms with E-state index in [2.05, 4.69) is 53.3 Å². The number of thiocarbonyl (C=S) groups is 1. The first-order valence-corrected chi connectivity index (χ1v) is 7.11. The molecule has 2 rings (SSSR count). The van der Waals surface area contributed by atoms with Gasteiger partial charge in [0.25, 0.3) is 0 Å². The fraction of sp³-hybridized carbons (Fsp3) is 0.133. The summed E-state index contributed by atoms with van der Waals surface area (Å²) in [6.07, 6.45) is 0. The summed E-state index contributed by atoms with van der Waals surface area (Å²) in [6, 6.07) is 12.2. The monoisotopic (exact) mass is 334 g/mol. The SMILES string of the molecule is Cc1ccc(C)c(Nc2ccc(Br)cc2C(N)=S)c1. The minimum absolute atomic E-state index is 0.383. The molecule has 0 atom stereocenters. The van der Waals surface area contributed by atoms with E-state index in [4.69, 9.17) is 18.0 Å². The Kier molecular flexibility index (Phi) is 4.22. The van der Waals surface area contributed by atoms with Crippen LogP contribution in [0.15, 0.2) is 40.9 Å². The van der Waals surface area contributed by atoms with Crippen LogP contribution in [0, 0.1) is 13.8 Å². The average Bonchev–Trinajstić information content (AvgIpc) is 2.35. The summed E-state index contributed by atoms with van der Waals surface area (Å²) in [5.41, 5.74) is 11.0. The number of hydrogen-bond donors (Lipinski definition) is 2. The Bertz CT molecular complexity index is 638. The smallest absolute Gasteiger partial charge is 0.106 e. The number of hydrogen-bond acceptors (Lipinski definition) is 2. The minimum Gasteiger partial charge on any atom is -0.389 e. The van der Waals surface area contributed by atoms with Crippen LogP contribution in [-0.2, 0) is 0 Å². The summed E-state index contributed by atoms with van der Waals surface area (Å²) < 4.78 is 0.960. The maximum absolute atomic E-state index is 5.78. The van der Waals surface area contributed by atoms with E-state index >= 15 is 0 Å². The van der Waals surface area contributed by atoms with E-state index < -0.39 is 0 Å². The lowest BCUT2D eigenvalue weighted by molar-refractivity contribution is 1.37. The third kappa shape index (κ3) is 3.33. The highest BCUT2D eigenvalue weighted by Crippen LogP contribution is 2.26. The second kappa shape index (κ2) is 5.72. The molecule has 98 valence electrons. The second-order valence-corrected chi connectivity index (χ2v) is 5.85. The Labute approximate surface area is 127 Å². The molecule has 3 N–H and O–H groups in total. The zero-order valence-electron chi connectivity index (χ0n) is 10.8. The summed E-state index contributed by atoms with van der Waals surface area (Å²) in [7, 11) is 0. The van der Waals surface area contributed by atoms with Crippen molar-refractivity contribution in [3.63, 3.8) is 0 Å². The third-order valence-electron chi connectivity index (χ3n) is 2.91. The lowest BCUT2D eigenvalue weighted by atomic mass is 10.1. The Hall–Kier alpha value is -1.39. The van der Waals surface area contributed by atoms with Gasteiger partial charge in [0.15, 0.2) is 0 Å². The summed E-state index contributed by atoms with van der Waals surface area (Å²) in [6.45, 7) is 4.14. The van der Waals surface area contributed by atoms with Gasteiger partial charge in [-0.1, -0.05) is 40.3 Å². The zero-order chi connectivity index (χ0) is 14.0. The number of anilines is 2. The van der Waals surface area contributed by atoms with Gasteiger partial charge >= 0.3 is 0 Å². The van der Waals surface area contributed by atoms with Crippen LogP contribution in [0.4, 0.5) is 11.4 Å². The molecular weight excluding hydrogens is 320 g/mol. The van der Waals surface area contributed by atoms with E-state index in [9.17, 15) is 0 Å². The summed E-state index contributed by atoms with van der Waals surface area (Å²) in [5, 5.41) is 3.40. The van der Waals surface area contributed by atoms with Gasteiger partial charge in [0.05, 0.1) is 0 Å². The van der Waals surface area contributed by atoms with Crippen LogP contribution >= 0.6 is 28.1 Å². The predicted molar refractivity (Wildman–Crippen MR) is 89.2 cm³/mol. The molecule has 0 radical (unpaired) electrons. The van der Waals surface area contributed by atoms with Crippen molar-refractivity contribution in [1.29, 1.82) is 0 Å². The molecule has 19 heavy (non-hydrogen) atoms. The number of nitrogens with one attached hydrogen (secondary N) is 1. The van der Waals surface area contributed by atoms with Crippen molar-refractivity contribution in [2.24, 2.45) is 5.73 Å². The van der Waals surface area contributed by atoms with Crippen molar-refractivity contribution >= 4 is 44.5 Å². The van der Waals surface area contributed by atoms with Gasteiger partial charge in [-0.3, -0.25) is 0 Å². The molecule has 0 heterocycles. The first kappa shape index (κ1) is 14.0. The van der Waals surface area contributed by atoms with Crippen LogP contribution in [0.25, 0.3) is 0 Å². The molecule has 0 bridgehead atoms. The fourth-order valence-corrected chi connectivity index (χ4v) is 2.37. The van der Waals surface area contributed by atoms with Crippen LogP contribution in [0.3, 0.4) is 0 Å². The standard InChI is InChI=1S/C15H15BrN2S/c1-9-3-4-10(2)14(7-9)18-13-6-5-11(16)8-12(13)15(17)19/h3-8,18H,1-2H3,(H2,17,19). The molecule has 0 aromatic heterocycles. The van der Waals surface area contributed by atoms with Crippen molar-refractivity contribution in [2.45, 2.75) is 13.8 Å². The van der Waals surface area contributed by atoms with Crippen molar-refractivity contribution in [2.75, 3.05) is 5.32 Å². The van der Waals surface area contributed by atoms with E-state index in [1.807, 2.05) is 18.2 Å². The molecule has 0 saturated heterocycles. The summed E-state index contributed by atoms with van der Waals surface area (Å²) in [5.74, 6) is 0. The zero-order valence-corrected chi connectivity index (χ0v) is 13.2. The molecule has 2 aromatic carbocycles. The van der Waals surface area contributed by atoms with Gasteiger partial charge in [0.1, 0.15) is 4.99 Å². The summed E-state index contributed by atoms with van der Waals surface area (Å²) in [4.78, 5) is 0.383. The molecular formula is C15H15BrN2S. The molecule has 0 unspecified atom stereocenters. The molecule has 0 saturated carbocycles. The van der Waals surface area contributed by atoms with Crippen LogP contribution in [0.5, 0.6) is 0 Å². The molecule has 0 amide bonds. The topological polar surface area (TPSA) is 38.0 Å². The minimum atomic E-state index is 0.383. The van der Waals surface area contributed by atoms with E-state index in [-0.39, 0.29) is 0 Å². The third-order valence-corrected chi connectivity index (χ3v) is 3.62. The van der Waals surface area contributed by atoms with Gasteiger partial charge in [-0.15, -0.1) is 0 Å². The highest BCUT2D eigenvalue weighted by atomic mass is 79.9. The van der Waals surface area contributed by atoms with Crippen molar-refractivity contribution in [3.05, 3.63) is 57.6 Å². The Morgan fingerprint density at radius 2 is 1.84 bits per heavy atom. The lowest BCUT2D eigenvalue weighted by Gasteiger charge is -2.14. The summed E-state index contributed by atoms with van der Waals surface area (Å²) >= 11 is 8.53. The van der Waals surface area contributed by atoms with E-state index in [0.29, 0.717) is 4.99 Å². The van der Waals surface area contributed by atoms with Crippen LogP contribution in [-0.4, -0.2) is 4.99 Å². The number of halogens is 1. The largest absolute Gasteiger partial charge is 0.389 e. The van der Waals surface area contributed by atoms with Crippen molar-refractivity contribution in [1.82, 2.24) is 0 Å². The Balaban J connectivity index is 2.43. The van der Waals surface area contributed by atoms with Gasteiger partial charge in [-0.2, -0.15) is 0 Å². The van der Waals surface area contributed by atoms with Gasteiger partial charge in [-0.05, 0) is 49.2 Å². The first-order chi connectivity index (χ1) is 8.97. The van der Waals surface area contributed by atoms with E-state index in [1.54, 1.807) is 0 Å². The van der Waals surface area contributed by atoms with Crippen molar-refractivity contribution in [3.8, 4) is 0 Å². The van der Waals surface area contributed by atoms with E-state index in [0.717, 1.165) is 21.4 Å². The quantitative estimate of drug-likeness (QED) is 0.814. The number of rotatable bonds is 3. The van der Waals surface area contributed by atoms with Crippen LogP contribution < -0.4 is 11.1 Å². The van der Waals surface area contributed by atoms with Crippen LogP contribution in [0.1, 0.15) is 16.7 Å². The molecule has 0 aliphatic carbocycles. The average molecular weight is 335 g/mol. The second-order valence-electron chi connectivity index (χ2n) is 4.50. The number of nitrogens with two attached hydrogens (primary N) is 1. The number of aryl methyl sites for hydroxylation is 2. The molecule has 0 fully saturated rings. The Morgan fingerprint density at radius 3 is 2.53 bits per heavy atom. The van der Waals surface area contributed by atoms with Gasteiger partial charge in [-0.25, -0.2) is 0 Å². The predicted octanol–water partition coefficient (Wildman–Crippen LogP) is 4.44. The molecule has 2 nitrogen and oxygen atoms in total. The van der Waals surface area contributed by atoms with Gasteiger partial charge in [0, 0.05) is 21.4 Å². The van der Waals surface area contributed by atoms with Gasteiger partial charge < -0.3 is 11.1 Å². The molecule has 0 aliphatic heterocycles. The maximum Gasteiger partial charge on any atom is 0.106 e.